The lowest BCUT2D eigenvalue weighted by Gasteiger charge is -2.21. The lowest BCUT2D eigenvalue weighted by Crippen LogP contribution is -2.43. The molecule has 1 atom stereocenters. The summed E-state index contributed by atoms with van der Waals surface area (Å²) >= 11 is 1.59. The molecule has 0 fully saturated rings. The zero-order chi connectivity index (χ0) is 17.0. The number of amides is 2. The molecular formula is C16H23N3O3S. The van der Waals surface area contributed by atoms with Crippen molar-refractivity contribution < 1.29 is 14.3 Å². The number of carbonyl (C=O) groups excluding carboxylic acids is 1. The van der Waals surface area contributed by atoms with E-state index < -0.39 is 5.60 Å². The Bertz CT molecular complexity index is 661. The van der Waals surface area contributed by atoms with Gasteiger partial charge in [0.15, 0.2) is 0 Å². The largest absolute Gasteiger partial charge is 0.463 e. The third kappa shape index (κ3) is 4.80. The van der Waals surface area contributed by atoms with Crippen LogP contribution in [-0.2, 0) is 12.1 Å². The molecule has 0 aliphatic carbocycles. The van der Waals surface area contributed by atoms with E-state index in [2.05, 4.69) is 29.5 Å². The van der Waals surface area contributed by atoms with Crippen molar-refractivity contribution in [1.82, 2.24) is 15.6 Å². The van der Waals surface area contributed by atoms with Gasteiger partial charge in [-0.3, -0.25) is 0 Å². The third-order valence-electron chi connectivity index (χ3n) is 3.36. The number of hydrogen-bond donors (Lipinski definition) is 3. The van der Waals surface area contributed by atoms with Crippen LogP contribution in [0.25, 0.3) is 0 Å². The van der Waals surface area contributed by atoms with E-state index in [9.17, 15) is 9.90 Å². The Kier molecular flexibility index (Phi) is 5.43. The molecule has 126 valence electrons. The highest BCUT2D eigenvalue weighted by Crippen LogP contribution is 2.22. The van der Waals surface area contributed by atoms with Crippen LogP contribution in [0.5, 0.6) is 0 Å². The fourth-order valence-electron chi connectivity index (χ4n) is 1.97. The minimum absolute atomic E-state index is 0.0557. The van der Waals surface area contributed by atoms with Crippen molar-refractivity contribution >= 4 is 17.4 Å². The minimum Gasteiger partial charge on any atom is -0.463 e. The second kappa shape index (κ2) is 7.14. The molecule has 0 saturated carbocycles. The lowest BCUT2D eigenvalue weighted by atomic mass is 10.0. The molecule has 2 rings (SSSR count). The van der Waals surface area contributed by atoms with Crippen LogP contribution in [0, 0.1) is 6.92 Å². The summed E-state index contributed by atoms with van der Waals surface area (Å²) in [4.78, 5) is 16.3. The summed E-state index contributed by atoms with van der Waals surface area (Å²) < 4.78 is 5.40. The molecule has 0 radical (unpaired) electrons. The van der Waals surface area contributed by atoms with E-state index in [0.29, 0.717) is 24.0 Å². The van der Waals surface area contributed by atoms with Crippen LogP contribution in [-0.4, -0.2) is 22.7 Å². The maximum atomic E-state index is 11.9. The van der Waals surface area contributed by atoms with Crippen LogP contribution < -0.4 is 10.6 Å². The first-order valence-electron chi connectivity index (χ1n) is 7.53. The number of aryl methyl sites for hydroxylation is 1. The zero-order valence-corrected chi connectivity index (χ0v) is 14.7. The van der Waals surface area contributed by atoms with Gasteiger partial charge in [0.05, 0.1) is 23.8 Å². The van der Waals surface area contributed by atoms with Gasteiger partial charge in [0, 0.05) is 11.3 Å². The normalized spacial score (nSPS) is 13.8. The van der Waals surface area contributed by atoms with Crippen molar-refractivity contribution in [2.45, 2.75) is 45.8 Å². The van der Waals surface area contributed by atoms with Gasteiger partial charge in [-0.15, -0.1) is 11.3 Å². The molecule has 0 bridgehead atoms. The van der Waals surface area contributed by atoms with Crippen LogP contribution in [0.3, 0.4) is 0 Å². The molecule has 0 unspecified atom stereocenters. The molecule has 0 aliphatic rings. The monoisotopic (exact) mass is 337 g/mol. The Morgan fingerprint density at radius 2 is 2.17 bits per heavy atom. The summed E-state index contributed by atoms with van der Waals surface area (Å²) in [5.74, 6) is 1.53. The highest BCUT2D eigenvalue weighted by molar-refractivity contribution is 7.09. The lowest BCUT2D eigenvalue weighted by molar-refractivity contribution is 0.0359. The predicted molar refractivity (Wildman–Crippen MR) is 89.5 cm³/mol. The van der Waals surface area contributed by atoms with E-state index in [1.54, 1.807) is 37.3 Å². The molecule has 0 spiro atoms. The van der Waals surface area contributed by atoms with Crippen molar-refractivity contribution in [3.8, 4) is 0 Å². The van der Waals surface area contributed by atoms with Gasteiger partial charge < -0.3 is 20.2 Å². The van der Waals surface area contributed by atoms with Gasteiger partial charge >= 0.3 is 6.03 Å². The molecule has 2 aromatic rings. The van der Waals surface area contributed by atoms with Crippen molar-refractivity contribution in [3.63, 3.8) is 0 Å². The second-order valence-corrected chi connectivity index (χ2v) is 6.94. The number of aliphatic hydroxyl groups is 1. The van der Waals surface area contributed by atoms with Crippen molar-refractivity contribution in [2.75, 3.05) is 6.54 Å². The number of thiazole rings is 1. The van der Waals surface area contributed by atoms with Gasteiger partial charge in [0.2, 0.25) is 0 Å². The topological polar surface area (TPSA) is 87.4 Å². The summed E-state index contributed by atoms with van der Waals surface area (Å²) in [6.45, 7) is 7.99. The summed E-state index contributed by atoms with van der Waals surface area (Å²) in [6.07, 6.45) is 0. The first-order valence-corrected chi connectivity index (χ1v) is 8.41. The molecule has 0 aromatic carbocycles. The van der Waals surface area contributed by atoms with Crippen LogP contribution in [0.15, 0.2) is 21.9 Å². The third-order valence-corrected chi connectivity index (χ3v) is 4.55. The molecule has 0 saturated heterocycles. The Morgan fingerprint density at radius 3 is 2.74 bits per heavy atom. The van der Waals surface area contributed by atoms with Gasteiger partial charge in [0.1, 0.15) is 17.1 Å². The molecular weight excluding hydrogens is 314 g/mol. The maximum Gasteiger partial charge on any atom is 0.315 e. The molecule has 2 heterocycles. The summed E-state index contributed by atoms with van der Waals surface area (Å²) in [5, 5.41) is 18.7. The number of nitrogens with one attached hydrogen (secondary N) is 2. The smallest absolute Gasteiger partial charge is 0.315 e. The number of aromatic nitrogens is 1. The molecule has 7 heteroatoms. The highest BCUT2D eigenvalue weighted by atomic mass is 32.1. The zero-order valence-electron chi connectivity index (χ0n) is 13.8. The predicted octanol–water partition coefficient (Wildman–Crippen LogP) is 2.87. The second-order valence-electron chi connectivity index (χ2n) is 6.05. The standard InChI is InChI=1S/C16H23N3O3S/c1-10(2)14-19-12(8-23-14)7-17-15(20)18-9-16(4,21)13-6-5-11(3)22-13/h5-6,8,10,21H,7,9H2,1-4H3,(H2,17,18,20)/t16-/m0/s1. The Labute approximate surface area is 139 Å². The minimum atomic E-state index is -1.25. The van der Waals surface area contributed by atoms with Crippen LogP contribution in [0.4, 0.5) is 4.79 Å². The average molecular weight is 337 g/mol. The van der Waals surface area contributed by atoms with Crippen molar-refractivity contribution in [3.05, 3.63) is 39.7 Å². The molecule has 6 nitrogen and oxygen atoms in total. The highest BCUT2D eigenvalue weighted by Gasteiger charge is 2.27. The number of hydrogen-bond acceptors (Lipinski definition) is 5. The quantitative estimate of drug-likeness (QED) is 0.756. The molecule has 2 aromatic heterocycles. The molecule has 23 heavy (non-hydrogen) atoms. The van der Waals surface area contributed by atoms with Gasteiger partial charge in [-0.2, -0.15) is 0 Å². The van der Waals surface area contributed by atoms with Gasteiger partial charge in [-0.05, 0) is 26.0 Å². The molecule has 0 aliphatic heterocycles. The SMILES string of the molecule is Cc1ccc([C@@](C)(O)CNC(=O)NCc2csc(C(C)C)n2)o1. The number of urea groups is 1. The summed E-state index contributed by atoms with van der Waals surface area (Å²) in [5.41, 5.74) is -0.417. The Morgan fingerprint density at radius 1 is 1.43 bits per heavy atom. The van der Waals surface area contributed by atoms with E-state index in [0.717, 1.165) is 10.7 Å². The van der Waals surface area contributed by atoms with Crippen LogP contribution >= 0.6 is 11.3 Å². The number of carbonyl (C=O) groups is 1. The summed E-state index contributed by atoms with van der Waals surface area (Å²) in [7, 11) is 0. The van der Waals surface area contributed by atoms with Gasteiger partial charge in [0.25, 0.3) is 0 Å². The Hall–Kier alpha value is -1.86. The van der Waals surface area contributed by atoms with Gasteiger partial charge in [-0.1, -0.05) is 13.8 Å². The van der Waals surface area contributed by atoms with Crippen LogP contribution in [0.1, 0.15) is 48.9 Å². The number of furan rings is 1. The van der Waals surface area contributed by atoms with E-state index >= 15 is 0 Å². The summed E-state index contributed by atoms with van der Waals surface area (Å²) in [6, 6.07) is 3.13. The van der Waals surface area contributed by atoms with Crippen molar-refractivity contribution in [1.29, 1.82) is 0 Å². The van der Waals surface area contributed by atoms with Crippen molar-refractivity contribution in [2.24, 2.45) is 0 Å². The van der Waals surface area contributed by atoms with E-state index in [1.807, 2.05) is 5.38 Å². The maximum absolute atomic E-state index is 11.9. The fraction of sp³-hybridized carbons (Fsp3) is 0.500. The average Bonchev–Trinajstić information content (AvgIpc) is 3.12. The first-order chi connectivity index (χ1) is 10.8. The molecule has 3 N–H and O–H groups in total. The number of rotatable bonds is 6. The van der Waals surface area contributed by atoms with E-state index in [4.69, 9.17) is 4.42 Å². The van der Waals surface area contributed by atoms with Gasteiger partial charge in [-0.25, -0.2) is 9.78 Å². The van der Waals surface area contributed by atoms with E-state index in [1.165, 1.54) is 0 Å². The van der Waals surface area contributed by atoms with Crippen LogP contribution in [0.2, 0.25) is 0 Å². The fourth-order valence-corrected chi connectivity index (χ4v) is 2.80. The number of nitrogens with zero attached hydrogens (tertiary/aromatic N) is 1. The first kappa shape index (κ1) is 17.5. The van der Waals surface area contributed by atoms with E-state index in [-0.39, 0.29) is 12.6 Å². The Balaban J connectivity index is 1.80. The molecule has 2 amide bonds.